The summed E-state index contributed by atoms with van der Waals surface area (Å²) in [5.74, 6) is -0.277. The zero-order chi connectivity index (χ0) is 27.5. The van der Waals surface area contributed by atoms with Crippen molar-refractivity contribution in [2.75, 3.05) is 31.7 Å². The van der Waals surface area contributed by atoms with Gasteiger partial charge in [-0.25, -0.2) is 25.9 Å². The number of sulfonamides is 1. The maximum absolute atomic E-state index is 13.4. The lowest BCUT2D eigenvalue weighted by Crippen LogP contribution is -2.33. The molecule has 0 aliphatic heterocycles. The Hall–Kier alpha value is -3.67. The first-order valence-corrected chi connectivity index (χ1v) is 15.0. The number of urea groups is 1. The fraction of sp³-hybridized carbons (Fsp3) is 0.222. The summed E-state index contributed by atoms with van der Waals surface area (Å²) >= 11 is 0. The van der Waals surface area contributed by atoms with Crippen molar-refractivity contribution in [2.24, 2.45) is 0 Å². The minimum Gasteiger partial charge on any atom is -0.339 e. The number of para-hydroxylation sites is 1. The smallest absolute Gasteiger partial charge is 0.319 e. The fourth-order valence-electron chi connectivity index (χ4n) is 4.26. The van der Waals surface area contributed by atoms with Crippen molar-refractivity contribution in [1.29, 1.82) is 0 Å². The molecule has 0 aliphatic rings. The summed E-state index contributed by atoms with van der Waals surface area (Å²) in [6, 6.07) is 22.4. The number of benzene rings is 3. The molecule has 0 saturated carbocycles. The highest BCUT2D eigenvalue weighted by Gasteiger charge is 2.25. The number of nitrogens with one attached hydrogen (secondary N) is 2. The molecule has 0 fully saturated rings. The Kier molecular flexibility index (Phi) is 7.91. The molecule has 11 heteroatoms. The number of nitrogens with zero attached hydrogens (tertiary/aromatic N) is 2. The van der Waals surface area contributed by atoms with E-state index in [4.69, 9.17) is 0 Å². The van der Waals surface area contributed by atoms with Gasteiger partial charge in [0.05, 0.1) is 15.5 Å². The summed E-state index contributed by atoms with van der Waals surface area (Å²) in [6.07, 6.45) is 0. The Bertz CT molecular complexity index is 1660. The molecule has 0 radical (unpaired) electrons. The van der Waals surface area contributed by atoms with Gasteiger partial charge in [0.25, 0.3) is 0 Å². The van der Waals surface area contributed by atoms with Gasteiger partial charge in [0, 0.05) is 49.5 Å². The normalized spacial score (nSPS) is 12.1. The lowest BCUT2D eigenvalue weighted by molar-refractivity contribution is 0.252. The van der Waals surface area contributed by atoms with E-state index in [1.165, 1.54) is 38.4 Å². The molecule has 1 aromatic heterocycles. The molecule has 0 aliphatic carbocycles. The molecular formula is C27H30N4O5S2. The number of anilines is 1. The molecule has 0 atom stereocenters. The van der Waals surface area contributed by atoms with Gasteiger partial charge in [0.2, 0.25) is 10.0 Å². The van der Waals surface area contributed by atoms with Crippen LogP contribution < -0.4 is 10.6 Å². The number of carbonyl (C=O) groups excluding carboxylic acids is 1. The van der Waals surface area contributed by atoms with Crippen molar-refractivity contribution < 1.29 is 21.6 Å². The van der Waals surface area contributed by atoms with Crippen LogP contribution in [0.25, 0.3) is 10.9 Å². The molecule has 4 aromatic rings. The summed E-state index contributed by atoms with van der Waals surface area (Å²) < 4.78 is 54.3. The second-order valence-corrected chi connectivity index (χ2v) is 13.2. The number of aromatic nitrogens is 1. The first-order chi connectivity index (χ1) is 18.0. The Labute approximate surface area is 223 Å². The Morgan fingerprint density at radius 2 is 1.50 bits per heavy atom. The monoisotopic (exact) mass is 554 g/mol. The number of hydrogen-bond donors (Lipinski definition) is 2. The summed E-state index contributed by atoms with van der Waals surface area (Å²) in [7, 11) is -4.43. The zero-order valence-corrected chi connectivity index (χ0v) is 23.0. The molecule has 2 N–H and O–H groups in total. The van der Waals surface area contributed by atoms with Crippen LogP contribution in [0.1, 0.15) is 11.3 Å². The van der Waals surface area contributed by atoms with Crippen molar-refractivity contribution in [3.8, 4) is 0 Å². The molecule has 1 heterocycles. The van der Waals surface area contributed by atoms with Crippen molar-refractivity contribution >= 4 is 42.5 Å². The fourth-order valence-corrected chi connectivity index (χ4v) is 6.80. The quantitative estimate of drug-likeness (QED) is 0.326. The second-order valence-electron chi connectivity index (χ2n) is 9.02. The highest BCUT2D eigenvalue weighted by molar-refractivity contribution is 7.91. The molecule has 200 valence electrons. The second kappa shape index (κ2) is 11.0. The van der Waals surface area contributed by atoms with Gasteiger partial charge < -0.3 is 15.2 Å². The molecule has 2 amide bonds. The van der Waals surface area contributed by atoms with Crippen molar-refractivity contribution in [3.05, 3.63) is 90.1 Å². The van der Waals surface area contributed by atoms with Crippen molar-refractivity contribution in [1.82, 2.24) is 14.2 Å². The van der Waals surface area contributed by atoms with E-state index in [0.29, 0.717) is 23.3 Å². The average Bonchev–Trinajstić information content (AvgIpc) is 3.16. The van der Waals surface area contributed by atoms with E-state index in [1.807, 2.05) is 53.1 Å². The number of sulfone groups is 1. The molecule has 0 bridgehead atoms. The minimum absolute atomic E-state index is 0.0983. The minimum atomic E-state index is -3.72. The maximum Gasteiger partial charge on any atom is 0.319 e. The van der Waals surface area contributed by atoms with Gasteiger partial charge in [-0.1, -0.05) is 48.5 Å². The van der Waals surface area contributed by atoms with Crippen LogP contribution in [0.5, 0.6) is 0 Å². The van der Waals surface area contributed by atoms with E-state index >= 15 is 0 Å². The van der Waals surface area contributed by atoms with E-state index in [9.17, 15) is 21.6 Å². The zero-order valence-electron chi connectivity index (χ0n) is 21.4. The van der Waals surface area contributed by atoms with Gasteiger partial charge in [-0.2, -0.15) is 0 Å². The van der Waals surface area contributed by atoms with Crippen LogP contribution in [0.3, 0.4) is 0 Å². The number of hydrogen-bond acceptors (Lipinski definition) is 5. The number of amides is 2. The largest absolute Gasteiger partial charge is 0.339 e. The molecular weight excluding hydrogens is 524 g/mol. The average molecular weight is 555 g/mol. The van der Waals surface area contributed by atoms with Crippen LogP contribution in [-0.4, -0.2) is 58.1 Å². The molecule has 4 rings (SSSR count). The molecule has 0 spiro atoms. The van der Waals surface area contributed by atoms with Gasteiger partial charge >= 0.3 is 6.03 Å². The molecule has 9 nitrogen and oxygen atoms in total. The lowest BCUT2D eigenvalue weighted by atomic mass is 10.2. The first-order valence-electron chi connectivity index (χ1n) is 11.9. The molecule has 0 saturated heterocycles. The summed E-state index contributed by atoms with van der Waals surface area (Å²) in [5.41, 5.74) is 2.92. The predicted molar refractivity (Wildman–Crippen MR) is 149 cm³/mol. The highest BCUT2D eigenvalue weighted by Crippen LogP contribution is 2.31. The Balaban J connectivity index is 1.45. The van der Waals surface area contributed by atoms with Crippen LogP contribution in [-0.2, 0) is 26.4 Å². The topological polar surface area (TPSA) is 118 Å². The Morgan fingerprint density at radius 1 is 0.868 bits per heavy atom. The standard InChI is InChI=1S/C27H30N4O5S2/c1-20-26(24-11-7-8-12-25(24)31(20)19-21-9-5-4-6-10-21)37(33,34)18-17-28-27(32)29-22-13-15-23(16-14-22)38(35,36)30(2)3/h4-16H,17-19H2,1-3H3,(H2,28,29,32). The predicted octanol–water partition coefficient (Wildman–Crippen LogP) is 3.84. The van der Waals surface area contributed by atoms with Gasteiger partial charge in [-0.15, -0.1) is 0 Å². The van der Waals surface area contributed by atoms with E-state index < -0.39 is 25.9 Å². The van der Waals surface area contributed by atoms with Gasteiger partial charge in [0.1, 0.15) is 0 Å². The number of rotatable bonds is 9. The summed E-state index contributed by atoms with van der Waals surface area (Å²) in [5, 5.41) is 5.81. The lowest BCUT2D eigenvalue weighted by Gasteiger charge is -2.12. The third-order valence-corrected chi connectivity index (χ3v) is 9.92. The van der Waals surface area contributed by atoms with Gasteiger partial charge in [-0.3, -0.25) is 0 Å². The first kappa shape index (κ1) is 27.4. The summed E-state index contributed by atoms with van der Waals surface area (Å²) in [6.45, 7) is 2.24. The van der Waals surface area contributed by atoms with Crippen LogP contribution in [0.2, 0.25) is 0 Å². The van der Waals surface area contributed by atoms with Crippen molar-refractivity contribution in [2.45, 2.75) is 23.3 Å². The SMILES string of the molecule is Cc1c(S(=O)(=O)CCNC(=O)Nc2ccc(S(=O)(=O)N(C)C)cc2)c2ccccc2n1Cc1ccccc1. The highest BCUT2D eigenvalue weighted by atomic mass is 32.2. The third kappa shape index (κ3) is 5.74. The molecule has 3 aromatic carbocycles. The van der Waals surface area contributed by atoms with Crippen LogP contribution in [0.15, 0.2) is 88.7 Å². The van der Waals surface area contributed by atoms with Gasteiger partial charge in [0.15, 0.2) is 9.84 Å². The number of fused-ring (bicyclic) bond motifs is 1. The van der Waals surface area contributed by atoms with E-state index in [0.717, 1.165) is 15.4 Å². The van der Waals surface area contributed by atoms with Crippen LogP contribution in [0, 0.1) is 6.92 Å². The van der Waals surface area contributed by atoms with Gasteiger partial charge in [-0.05, 0) is 42.8 Å². The third-order valence-electron chi connectivity index (χ3n) is 6.21. The van der Waals surface area contributed by atoms with Crippen LogP contribution >= 0.6 is 0 Å². The number of carbonyl (C=O) groups is 1. The van der Waals surface area contributed by atoms with E-state index in [1.54, 1.807) is 13.0 Å². The Morgan fingerprint density at radius 3 is 2.16 bits per heavy atom. The van der Waals surface area contributed by atoms with Crippen LogP contribution in [0.4, 0.5) is 10.5 Å². The van der Waals surface area contributed by atoms with E-state index in [-0.39, 0.29) is 22.1 Å². The van der Waals surface area contributed by atoms with E-state index in [2.05, 4.69) is 10.6 Å². The molecule has 38 heavy (non-hydrogen) atoms. The van der Waals surface area contributed by atoms with Crippen molar-refractivity contribution in [3.63, 3.8) is 0 Å². The maximum atomic E-state index is 13.4. The molecule has 0 unspecified atom stereocenters. The summed E-state index contributed by atoms with van der Waals surface area (Å²) in [4.78, 5) is 12.7.